The molecule has 0 spiro atoms. The zero-order chi connectivity index (χ0) is 25.2. The molecular formula is C28H26N2O4S. The molecule has 0 saturated heterocycles. The number of thioether (sulfide) groups is 1. The van der Waals surface area contributed by atoms with Crippen molar-refractivity contribution in [3.05, 3.63) is 95.1 Å². The zero-order valence-electron chi connectivity index (χ0n) is 19.8. The summed E-state index contributed by atoms with van der Waals surface area (Å²) in [5.74, 6) is 5.45. The van der Waals surface area contributed by atoms with E-state index in [0.29, 0.717) is 22.4 Å². The van der Waals surface area contributed by atoms with E-state index in [1.807, 2.05) is 37.3 Å². The van der Waals surface area contributed by atoms with Gasteiger partial charge < -0.3 is 15.4 Å². The van der Waals surface area contributed by atoms with Gasteiger partial charge in [-0.05, 0) is 62.4 Å². The summed E-state index contributed by atoms with van der Waals surface area (Å²) >= 11 is 1.26. The Bertz CT molecular complexity index is 1280. The van der Waals surface area contributed by atoms with Crippen molar-refractivity contribution < 1.29 is 19.1 Å². The molecule has 3 aromatic rings. The number of anilines is 2. The van der Waals surface area contributed by atoms with Crippen LogP contribution in [0.2, 0.25) is 0 Å². The van der Waals surface area contributed by atoms with Gasteiger partial charge in [-0.3, -0.25) is 9.59 Å². The van der Waals surface area contributed by atoms with Gasteiger partial charge in [0, 0.05) is 22.5 Å². The fourth-order valence-electron chi connectivity index (χ4n) is 3.02. The highest BCUT2D eigenvalue weighted by molar-refractivity contribution is 8.01. The number of carbonyl (C=O) groups excluding carboxylic acids is 3. The molecule has 0 radical (unpaired) electrons. The summed E-state index contributed by atoms with van der Waals surface area (Å²) in [6.07, 6.45) is 0. The fraction of sp³-hybridized carbons (Fsp3) is 0.179. The highest BCUT2D eigenvalue weighted by atomic mass is 32.2. The molecule has 35 heavy (non-hydrogen) atoms. The molecule has 0 aromatic heterocycles. The molecule has 0 bridgehead atoms. The number of ether oxygens (including phenoxy) is 1. The third kappa shape index (κ3) is 8.05. The standard InChI is InChI=1S/C28H26N2O4S/c1-19-10-14-24(15-11-19)29-26(31)18-35-20(2)27(32)30-25-9-5-7-22(17-25)13-12-21-6-4-8-23(16-21)28(33)34-3/h4-11,14-17,20H,18H2,1-3H3,(H,29,31)(H,30,32). The lowest BCUT2D eigenvalue weighted by Gasteiger charge is -2.12. The van der Waals surface area contributed by atoms with Crippen LogP contribution >= 0.6 is 11.8 Å². The van der Waals surface area contributed by atoms with Crippen molar-refractivity contribution in [2.75, 3.05) is 23.5 Å². The van der Waals surface area contributed by atoms with Crippen LogP contribution in [0.5, 0.6) is 0 Å². The SMILES string of the molecule is COC(=O)c1cccc(C#Cc2cccc(NC(=O)C(C)SCC(=O)Nc3ccc(C)cc3)c2)c1. The number of esters is 1. The number of amides is 2. The summed E-state index contributed by atoms with van der Waals surface area (Å²) in [5.41, 5.74) is 4.28. The third-order valence-electron chi connectivity index (χ3n) is 4.93. The number of aryl methyl sites for hydroxylation is 1. The maximum Gasteiger partial charge on any atom is 0.337 e. The Balaban J connectivity index is 1.55. The van der Waals surface area contributed by atoms with E-state index in [9.17, 15) is 14.4 Å². The second-order valence-electron chi connectivity index (χ2n) is 7.76. The molecule has 0 saturated carbocycles. The highest BCUT2D eigenvalue weighted by Gasteiger charge is 2.15. The van der Waals surface area contributed by atoms with Crippen LogP contribution in [0.15, 0.2) is 72.8 Å². The van der Waals surface area contributed by atoms with E-state index in [0.717, 1.165) is 11.3 Å². The normalized spacial score (nSPS) is 10.9. The number of benzene rings is 3. The first-order chi connectivity index (χ1) is 16.8. The Morgan fingerprint density at radius 1 is 0.886 bits per heavy atom. The second kappa shape index (κ2) is 12.4. The lowest BCUT2D eigenvalue weighted by Crippen LogP contribution is -2.25. The molecule has 0 aliphatic carbocycles. The minimum absolute atomic E-state index is 0.160. The summed E-state index contributed by atoms with van der Waals surface area (Å²) in [6.45, 7) is 3.74. The van der Waals surface area contributed by atoms with E-state index >= 15 is 0 Å². The average Bonchev–Trinajstić information content (AvgIpc) is 2.87. The fourth-order valence-corrected chi connectivity index (χ4v) is 3.70. The molecule has 3 rings (SSSR count). The summed E-state index contributed by atoms with van der Waals surface area (Å²) < 4.78 is 4.74. The molecule has 1 unspecified atom stereocenters. The Kier molecular flexibility index (Phi) is 9.10. The van der Waals surface area contributed by atoms with Crippen molar-refractivity contribution in [2.45, 2.75) is 19.1 Å². The van der Waals surface area contributed by atoms with Gasteiger partial charge in [0.2, 0.25) is 11.8 Å². The van der Waals surface area contributed by atoms with Gasteiger partial charge in [-0.15, -0.1) is 11.8 Å². The summed E-state index contributed by atoms with van der Waals surface area (Å²) in [5, 5.41) is 5.28. The minimum Gasteiger partial charge on any atom is -0.465 e. The van der Waals surface area contributed by atoms with Crippen LogP contribution in [0.1, 0.15) is 34.0 Å². The quantitative estimate of drug-likeness (QED) is 0.367. The van der Waals surface area contributed by atoms with E-state index in [1.165, 1.54) is 18.9 Å². The van der Waals surface area contributed by atoms with Crippen LogP contribution in [0.4, 0.5) is 11.4 Å². The number of carbonyl (C=O) groups is 3. The van der Waals surface area contributed by atoms with Crippen LogP contribution in [0.25, 0.3) is 0 Å². The average molecular weight is 487 g/mol. The third-order valence-corrected chi connectivity index (χ3v) is 6.08. The van der Waals surface area contributed by atoms with Gasteiger partial charge in [0.25, 0.3) is 0 Å². The van der Waals surface area contributed by atoms with Crippen LogP contribution in [0, 0.1) is 18.8 Å². The van der Waals surface area contributed by atoms with Gasteiger partial charge in [0.1, 0.15) is 0 Å². The molecule has 7 heteroatoms. The Morgan fingerprint density at radius 3 is 2.23 bits per heavy atom. The molecule has 0 aliphatic heterocycles. The molecule has 0 fully saturated rings. The summed E-state index contributed by atoms with van der Waals surface area (Å²) in [6, 6.07) is 21.6. The lowest BCUT2D eigenvalue weighted by molar-refractivity contribution is -0.115. The predicted octanol–water partition coefficient (Wildman–Crippen LogP) is 4.88. The maximum absolute atomic E-state index is 12.6. The van der Waals surface area contributed by atoms with Gasteiger partial charge in [-0.1, -0.05) is 41.7 Å². The monoisotopic (exact) mass is 486 g/mol. The van der Waals surface area contributed by atoms with Crippen molar-refractivity contribution >= 4 is 40.9 Å². The zero-order valence-corrected chi connectivity index (χ0v) is 20.6. The van der Waals surface area contributed by atoms with Crippen molar-refractivity contribution in [3.63, 3.8) is 0 Å². The van der Waals surface area contributed by atoms with Crippen molar-refractivity contribution in [2.24, 2.45) is 0 Å². The van der Waals surface area contributed by atoms with E-state index in [1.54, 1.807) is 49.4 Å². The van der Waals surface area contributed by atoms with E-state index in [2.05, 4.69) is 22.5 Å². The smallest absolute Gasteiger partial charge is 0.337 e. The number of methoxy groups -OCH3 is 1. The van der Waals surface area contributed by atoms with Crippen molar-refractivity contribution in [1.29, 1.82) is 0 Å². The number of nitrogens with one attached hydrogen (secondary N) is 2. The maximum atomic E-state index is 12.6. The van der Waals surface area contributed by atoms with Crippen molar-refractivity contribution in [3.8, 4) is 11.8 Å². The van der Waals surface area contributed by atoms with Gasteiger partial charge in [0.05, 0.1) is 23.7 Å². The van der Waals surface area contributed by atoms with Crippen molar-refractivity contribution in [1.82, 2.24) is 0 Å². The second-order valence-corrected chi connectivity index (χ2v) is 9.09. The first kappa shape index (κ1) is 25.6. The minimum atomic E-state index is -0.422. The van der Waals surface area contributed by atoms with E-state index < -0.39 is 11.2 Å². The van der Waals surface area contributed by atoms with Gasteiger partial charge in [0.15, 0.2) is 0 Å². The largest absolute Gasteiger partial charge is 0.465 e. The Morgan fingerprint density at radius 2 is 1.54 bits per heavy atom. The van der Waals surface area contributed by atoms with Gasteiger partial charge in [-0.25, -0.2) is 4.79 Å². The number of hydrogen-bond acceptors (Lipinski definition) is 5. The Hall–Kier alpha value is -4.02. The summed E-state index contributed by atoms with van der Waals surface area (Å²) in [4.78, 5) is 36.5. The van der Waals surface area contributed by atoms with Crippen LogP contribution in [-0.4, -0.2) is 35.9 Å². The molecule has 3 aromatic carbocycles. The summed E-state index contributed by atoms with van der Waals surface area (Å²) in [7, 11) is 1.33. The van der Waals surface area contributed by atoms with Gasteiger partial charge >= 0.3 is 5.97 Å². The highest BCUT2D eigenvalue weighted by Crippen LogP contribution is 2.17. The number of hydrogen-bond donors (Lipinski definition) is 2. The topological polar surface area (TPSA) is 84.5 Å². The molecule has 1 atom stereocenters. The molecule has 0 heterocycles. The first-order valence-electron chi connectivity index (χ1n) is 10.9. The van der Waals surface area contributed by atoms with E-state index in [-0.39, 0.29) is 17.6 Å². The van der Waals surface area contributed by atoms with Crippen LogP contribution < -0.4 is 10.6 Å². The Labute approximate surface area is 209 Å². The molecule has 6 nitrogen and oxygen atoms in total. The van der Waals surface area contributed by atoms with Gasteiger partial charge in [-0.2, -0.15) is 0 Å². The molecule has 0 aliphatic rings. The van der Waals surface area contributed by atoms with Crippen LogP contribution in [0.3, 0.4) is 0 Å². The molecule has 178 valence electrons. The van der Waals surface area contributed by atoms with Crippen LogP contribution in [-0.2, 0) is 14.3 Å². The number of rotatable bonds is 7. The lowest BCUT2D eigenvalue weighted by atomic mass is 10.1. The molecular weight excluding hydrogens is 460 g/mol. The first-order valence-corrected chi connectivity index (χ1v) is 12.0. The molecule has 2 N–H and O–H groups in total. The van der Waals surface area contributed by atoms with E-state index in [4.69, 9.17) is 4.74 Å². The molecule has 2 amide bonds. The predicted molar refractivity (Wildman–Crippen MR) is 141 cm³/mol.